The largest absolute Gasteiger partial charge is 0.389 e. The van der Waals surface area contributed by atoms with Gasteiger partial charge < -0.3 is 11.1 Å². The van der Waals surface area contributed by atoms with Gasteiger partial charge in [0, 0.05) is 14.7 Å². The zero-order chi connectivity index (χ0) is 13.8. The normalized spacial score (nSPS) is 9.95. The fraction of sp³-hybridized carbons (Fsp3) is 0. The number of halogens is 1. The molecule has 0 aliphatic rings. The molecule has 0 saturated heterocycles. The average molecular weight is 382 g/mol. The van der Waals surface area contributed by atoms with Gasteiger partial charge in [-0.1, -0.05) is 36.5 Å². The second kappa shape index (κ2) is 6.12. The van der Waals surface area contributed by atoms with E-state index in [0.29, 0.717) is 11.1 Å². The van der Waals surface area contributed by atoms with Crippen molar-refractivity contribution in [3.8, 4) is 0 Å². The number of hydrogen-bond acceptors (Lipinski definition) is 2. The Balaban J connectivity index is 2.23. The quantitative estimate of drug-likeness (QED) is 0.634. The van der Waals surface area contributed by atoms with Crippen LogP contribution in [0.15, 0.2) is 48.5 Å². The molecule has 0 aromatic heterocycles. The van der Waals surface area contributed by atoms with Crippen LogP contribution in [0.25, 0.3) is 0 Å². The van der Waals surface area contributed by atoms with Crippen molar-refractivity contribution >= 4 is 51.4 Å². The van der Waals surface area contributed by atoms with Gasteiger partial charge in [-0.15, -0.1) is 0 Å². The summed E-state index contributed by atoms with van der Waals surface area (Å²) in [6, 6.07) is 14.6. The van der Waals surface area contributed by atoms with Crippen molar-refractivity contribution in [2.75, 3.05) is 5.32 Å². The van der Waals surface area contributed by atoms with Crippen molar-refractivity contribution in [3.63, 3.8) is 0 Å². The summed E-state index contributed by atoms with van der Waals surface area (Å²) in [5.74, 6) is -0.179. The molecule has 1 amide bonds. The summed E-state index contributed by atoms with van der Waals surface area (Å²) in [6.45, 7) is 0. The fourth-order valence-electron chi connectivity index (χ4n) is 1.57. The minimum absolute atomic E-state index is 0.179. The molecule has 0 unspecified atom stereocenters. The highest BCUT2D eigenvalue weighted by Gasteiger charge is 2.09. The average Bonchev–Trinajstić information content (AvgIpc) is 2.41. The molecule has 3 N–H and O–H groups in total. The van der Waals surface area contributed by atoms with Crippen molar-refractivity contribution < 1.29 is 4.79 Å². The van der Waals surface area contributed by atoms with Crippen LogP contribution in [0.4, 0.5) is 5.69 Å². The number of carbonyl (C=O) groups is 1. The second-order valence-corrected chi connectivity index (χ2v) is 5.48. The van der Waals surface area contributed by atoms with Gasteiger partial charge in [-0.25, -0.2) is 0 Å². The molecule has 0 spiro atoms. The fourth-order valence-corrected chi connectivity index (χ4v) is 2.22. The molecular formula is C14H11IN2OS. The third-order valence-electron chi connectivity index (χ3n) is 2.53. The second-order valence-electron chi connectivity index (χ2n) is 3.88. The lowest BCUT2D eigenvalue weighted by Gasteiger charge is -2.08. The molecule has 19 heavy (non-hydrogen) atoms. The molecule has 0 bridgehead atoms. The topological polar surface area (TPSA) is 55.1 Å². The number of carbonyl (C=O) groups excluding carboxylic acids is 1. The molecule has 5 heteroatoms. The Morgan fingerprint density at radius 3 is 2.47 bits per heavy atom. The van der Waals surface area contributed by atoms with E-state index in [1.54, 1.807) is 24.3 Å². The SMILES string of the molecule is NC(=S)c1cccc(C(=O)Nc2ccccc2I)c1. The van der Waals surface area contributed by atoms with Gasteiger partial charge in [0.05, 0.1) is 5.69 Å². The first-order valence-corrected chi connectivity index (χ1v) is 7.02. The van der Waals surface area contributed by atoms with E-state index in [-0.39, 0.29) is 10.9 Å². The predicted molar refractivity (Wildman–Crippen MR) is 89.4 cm³/mol. The van der Waals surface area contributed by atoms with E-state index < -0.39 is 0 Å². The Morgan fingerprint density at radius 2 is 1.79 bits per heavy atom. The summed E-state index contributed by atoms with van der Waals surface area (Å²) in [6.07, 6.45) is 0. The van der Waals surface area contributed by atoms with E-state index in [1.807, 2.05) is 24.3 Å². The number of para-hydroxylation sites is 1. The molecule has 0 aliphatic heterocycles. The highest BCUT2D eigenvalue weighted by molar-refractivity contribution is 14.1. The van der Waals surface area contributed by atoms with Gasteiger partial charge in [-0.2, -0.15) is 0 Å². The smallest absolute Gasteiger partial charge is 0.255 e. The van der Waals surface area contributed by atoms with E-state index in [1.165, 1.54) is 0 Å². The molecule has 2 rings (SSSR count). The number of anilines is 1. The lowest BCUT2D eigenvalue weighted by molar-refractivity contribution is 0.102. The van der Waals surface area contributed by atoms with Gasteiger partial charge in [-0.05, 0) is 46.9 Å². The molecular weight excluding hydrogens is 371 g/mol. The monoisotopic (exact) mass is 382 g/mol. The molecule has 0 atom stereocenters. The zero-order valence-corrected chi connectivity index (χ0v) is 12.9. The van der Waals surface area contributed by atoms with Crippen LogP contribution in [0.3, 0.4) is 0 Å². The van der Waals surface area contributed by atoms with Gasteiger partial charge in [0.1, 0.15) is 4.99 Å². The Morgan fingerprint density at radius 1 is 1.11 bits per heavy atom. The third kappa shape index (κ3) is 3.51. The first-order valence-electron chi connectivity index (χ1n) is 5.53. The van der Waals surface area contributed by atoms with Crippen molar-refractivity contribution in [1.82, 2.24) is 0 Å². The van der Waals surface area contributed by atoms with Crippen molar-refractivity contribution in [2.45, 2.75) is 0 Å². The minimum Gasteiger partial charge on any atom is -0.389 e. The zero-order valence-electron chi connectivity index (χ0n) is 9.89. The summed E-state index contributed by atoms with van der Waals surface area (Å²) in [5.41, 5.74) is 7.56. The molecule has 2 aromatic rings. The molecule has 2 aromatic carbocycles. The maximum Gasteiger partial charge on any atom is 0.255 e. The van der Waals surface area contributed by atoms with Crippen LogP contribution in [-0.2, 0) is 0 Å². The molecule has 3 nitrogen and oxygen atoms in total. The number of thiocarbonyl (C=S) groups is 1. The summed E-state index contributed by atoms with van der Waals surface area (Å²) < 4.78 is 0.985. The minimum atomic E-state index is -0.179. The Hall–Kier alpha value is -1.47. The van der Waals surface area contributed by atoms with Gasteiger partial charge in [0.25, 0.3) is 5.91 Å². The lowest BCUT2D eigenvalue weighted by Crippen LogP contribution is -2.15. The number of nitrogens with one attached hydrogen (secondary N) is 1. The van der Waals surface area contributed by atoms with Crippen LogP contribution in [0.1, 0.15) is 15.9 Å². The Bertz CT molecular complexity index is 643. The summed E-state index contributed by atoms with van der Waals surface area (Å²) in [7, 11) is 0. The highest BCUT2D eigenvalue weighted by Crippen LogP contribution is 2.18. The first kappa shape index (κ1) is 14.0. The maximum absolute atomic E-state index is 12.1. The first-order chi connectivity index (χ1) is 9.08. The molecule has 0 radical (unpaired) electrons. The van der Waals surface area contributed by atoms with Crippen LogP contribution < -0.4 is 11.1 Å². The van der Waals surface area contributed by atoms with Crippen molar-refractivity contribution in [2.24, 2.45) is 5.73 Å². The molecule has 0 aliphatic carbocycles. The van der Waals surface area contributed by atoms with Gasteiger partial charge >= 0.3 is 0 Å². The third-order valence-corrected chi connectivity index (χ3v) is 3.71. The van der Waals surface area contributed by atoms with Crippen LogP contribution in [0.5, 0.6) is 0 Å². The Labute approximate surface area is 130 Å². The van der Waals surface area contributed by atoms with E-state index in [2.05, 4.69) is 27.9 Å². The van der Waals surface area contributed by atoms with Crippen LogP contribution in [0, 0.1) is 3.57 Å². The summed E-state index contributed by atoms with van der Waals surface area (Å²) in [5, 5.41) is 2.86. The molecule has 0 heterocycles. The number of nitrogens with two attached hydrogens (primary N) is 1. The number of rotatable bonds is 3. The summed E-state index contributed by atoms with van der Waals surface area (Å²) >= 11 is 7.08. The lowest BCUT2D eigenvalue weighted by atomic mass is 10.1. The predicted octanol–water partition coefficient (Wildman–Crippen LogP) is 3.18. The highest BCUT2D eigenvalue weighted by atomic mass is 127. The van der Waals surface area contributed by atoms with Crippen molar-refractivity contribution in [3.05, 3.63) is 63.2 Å². The molecule has 0 fully saturated rings. The van der Waals surface area contributed by atoms with E-state index >= 15 is 0 Å². The molecule has 0 saturated carbocycles. The standard InChI is InChI=1S/C14H11IN2OS/c15-11-6-1-2-7-12(11)17-14(18)10-5-3-4-9(8-10)13(16)19/h1-8H,(H2,16,19)(H,17,18). The number of hydrogen-bond donors (Lipinski definition) is 2. The van der Waals surface area contributed by atoms with E-state index in [0.717, 1.165) is 9.26 Å². The number of amides is 1. The number of benzene rings is 2. The van der Waals surface area contributed by atoms with E-state index in [9.17, 15) is 4.79 Å². The van der Waals surface area contributed by atoms with Gasteiger partial charge in [0.2, 0.25) is 0 Å². The maximum atomic E-state index is 12.1. The summed E-state index contributed by atoms with van der Waals surface area (Å²) in [4.78, 5) is 12.4. The van der Waals surface area contributed by atoms with Crippen LogP contribution in [0.2, 0.25) is 0 Å². The Kier molecular flexibility index (Phi) is 4.49. The van der Waals surface area contributed by atoms with Crippen LogP contribution in [-0.4, -0.2) is 10.9 Å². The van der Waals surface area contributed by atoms with Gasteiger partial charge in [0.15, 0.2) is 0 Å². The van der Waals surface area contributed by atoms with E-state index in [4.69, 9.17) is 18.0 Å². The van der Waals surface area contributed by atoms with Gasteiger partial charge in [-0.3, -0.25) is 4.79 Å². The molecule has 96 valence electrons. The van der Waals surface area contributed by atoms with Crippen molar-refractivity contribution in [1.29, 1.82) is 0 Å². The van der Waals surface area contributed by atoms with Crippen LogP contribution >= 0.6 is 34.8 Å².